The molecule has 0 aliphatic heterocycles. The first kappa shape index (κ1) is 13.4. The van der Waals surface area contributed by atoms with E-state index in [0.29, 0.717) is 0 Å². The van der Waals surface area contributed by atoms with Crippen molar-refractivity contribution in [3.63, 3.8) is 0 Å². The van der Waals surface area contributed by atoms with Crippen molar-refractivity contribution in [3.8, 4) is 0 Å². The Morgan fingerprint density at radius 2 is 2.19 bits per heavy atom. The van der Waals surface area contributed by atoms with E-state index in [0.717, 1.165) is 30.2 Å². The second kappa shape index (κ2) is 5.78. The summed E-state index contributed by atoms with van der Waals surface area (Å²) in [6.45, 7) is 5.54. The molecule has 0 radical (unpaired) electrons. The number of anilines is 1. The van der Waals surface area contributed by atoms with Gasteiger partial charge in [0.05, 0.1) is 12.2 Å². The minimum Gasteiger partial charge on any atom is -0.381 e. The van der Waals surface area contributed by atoms with E-state index in [1.54, 1.807) is 12.7 Å². The highest BCUT2D eigenvalue weighted by atomic mass is 15.3. The van der Waals surface area contributed by atoms with Crippen LogP contribution in [0.25, 0.3) is 0 Å². The Morgan fingerprint density at radius 1 is 1.29 bits per heavy atom. The molecule has 0 aliphatic rings. The molecule has 0 bridgehead atoms. The van der Waals surface area contributed by atoms with E-state index in [2.05, 4.69) is 43.8 Å². The van der Waals surface area contributed by atoms with E-state index < -0.39 is 0 Å². The third kappa shape index (κ3) is 3.10. The molecule has 0 spiro atoms. The van der Waals surface area contributed by atoms with Gasteiger partial charge in [0, 0.05) is 23.5 Å². The normalized spacial score (nSPS) is 10.8. The van der Waals surface area contributed by atoms with Gasteiger partial charge in [0.25, 0.3) is 0 Å². The summed E-state index contributed by atoms with van der Waals surface area (Å²) in [6, 6.07) is 8.33. The van der Waals surface area contributed by atoms with Crippen LogP contribution in [0.15, 0.2) is 36.9 Å². The Bertz CT molecular complexity index is 694. The first-order valence-corrected chi connectivity index (χ1v) is 6.88. The van der Waals surface area contributed by atoms with Gasteiger partial charge in [0.1, 0.15) is 12.7 Å². The number of benzene rings is 1. The van der Waals surface area contributed by atoms with Gasteiger partial charge in [-0.3, -0.25) is 5.10 Å². The fraction of sp³-hybridized carbons (Fsp3) is 0.267. The maximum Gasteiger partial charge on any atom is 0.137 e. The van der Waals surface area contributed by atoms with E-state index in [9.17, 15) is 0 Å². The van der Waals surface area contributed by atoms with Crippen molar-refractivity contribution in [1.29, 1.82) is 0 Å². The van der Waals surface area contributed by atoms with E-state index in [4.69, 9.17) is 0 Å². The van der Waals surface area contributed by atoms with Gasteiger partial charge in [-0.2, -0.15) is 10.2 Å². The van der Waals surface area contributed by atoms with Gasteiger partial charge in [0.2, 0.25) is 0 Å². The van der Waals surface area contributed by atoms with Crippen LogP contribution in [0.5, 0.6) is 0 Å². The molecule has 108 valence electrons. The van der Waals surface area contributed by atoms with Crippen molar-refractivity contribution in [3.05, 3.63) is 59.4 Å². The quantitative estimate of drug-likeness (QED) is 0.753. The molecule has 0 saturated heterocycles. The van der Waals surface area contributed by atoms with Crippen LogP contribution in [0.4, 0.5) is 5.69 Å². The molecule has 0 amide bonds. The zero-order valence-corrected chi connectivity index (χ0v) is 12.2. The molecule has 6 nitrogen and oxygen atoms in total. The van der Waals surface area contributed by atoms with Crippen LogP contribution in [-0.4, -0.2) is 25.0 Å². The standard InChI is InChI=1S/C15H18N6/c1-11-15(12(2)20-19-11)7-17-14-5-3-4-13(6-14)8-21-10-16-9-18-21/h3-6,9-10,17H,7-8H2,1-2H3,(H,19,20). The second-order valence-corrected chi connectivity index (χ2v) is 5.06. The molecule has 0 atom stereocenters. The minimum atomic E-state index is 0.722. The van der Waals surface area contributed by atoms with E-state index >= 15 is 0 Å². The van der Waals surface area contributed by atoms with Gasteiger partial charge in [-0.05, 0) is 31.5 Å². The number of nitrogens with zero attached hydrogens (tertiary/aromatic N) is 4. The molecular weight excluding hydrogens is 264 g/mol. The van der Waals surface area contributed by atoms with Crippen LogP contribution >= 0.6 is 0 Å². The van der Waals surface area contributed by atoms with Crippen LogP contribution in [0.3, 0.4) is 0 Å². The summed E-state index contributed by atoms with van der Waals surface area (Å²) in [5, 5.41) is 14.8. The number of hydrogen-bond acceptors (Lipinski definition) is 4. The van der Waals surface area contributed by atoms with Crippen molar-refractivity contribution >= 4 is 5.69 Å². The van der Waals surface area contributed by atoms with Crippen molar-refractivity contribution in [2.45, 2.75) is 26.9 Å². The van der Waals surface area contributed by atoms with Crippen LogP contribution in [0.1, 0.15) is 22.5 Å². The van der Waals surface area contributed by atoms with Crippen molar-refractivity contribution < 1.29 is 0 Å². The summed E-state index contributed by atoms with van der Waals surface area (Å²) in [5.41, 5.74) is 5.65. The van der Waals surface area contributed by atoms with Gasteiger partial charge in [-0.15, -0.1) is 0 Å². The smallest absolute Gasteiger partial charge is 0.137 e. The number of aryl methyl sites for hydroxylation is 2. The van der Waals surface area contributed by atoms with Crippen molar-refractivity contribution in [2.75, 3.05) is 5.32 Å². The average Bonchev–Trinajstić information content (AvgIpc) is 3.09. The van der Waals surface area contributed by atoms with Crippen LogP contribution in [0.2, 0.25) is 0 Å². The molecule has 2 N–H and O–H groups in total. The molecule has 0 fully saturated rings. The van der Waals surface area contributed by atoms with Gasteiger partial charge in [-0.25, -0.2) is 9.67 Å². The van der Waals surface area contributed by atoms with Crippen LogP contribution < -0.4 is 5.32 Å². The minimum absolute atomic E-state index is 0.722. The summed E-state index contributed by atoms with van der Waals surface area (Å²) in [5.74, 6) is 0. The lowest BCUT2D eigenvalue weighted by atomic mass is 10.1. The Balaban J connectivity index is 1.69. The molecule has 2 aromatic heterocycles. The highest BCUT2D eigenvalue weighted by Crippen LogP contribution is 2.15. The Morgan fingerprint density at radius 3 is 2.90 bits per heavy atom. The number of hydrogen-bond donors (Lipinski definition) is 2. The predicted octanol–water partition coefficient (Wildman–Crippen LogP) is 2.28. The van der Waals surface area contributed by atoms with E-state index in [-0.39, 0.29) is 0 Å². The molecule has 3 aromatic rings. The SMILES string of the molecule is Cc1n[nH]c(C)c1CNc1cccc(Cn2cncn2)c1. The van der Waals surface area contributed by atoms with E-state index in [1.165, 1.54) is 11.1 Å². The molecule has 0 saturated carbocycles. The first-order chi connectivity index (χ1) is 10.2. The zero-order valence-electron chi connectivity index (χ0n) is 12.2. The van der Waals surface area contributed by atoms with Crippen molar-refractivity contribution in [2.24, 2.45) is 0 Å². The zero-order chi connectivity index (χ0) is 14.7. The topological polar surface area (TPSA) is 71.4 Å². The molecular formula is C15H18N6. The Kier molecular flexibility index (Phi) is 3.68. The number of aromatic amines is 1. The lowest BCUT2D eigenvalue weighted by Crippen LogP contribution is -2.03. The summed E-state index contributed by atoms with van der Waals surface area (Å²) < 4.78 is 1.81. The van der Waals surface area contributed by atoms with E-state index in [1.807, 2.05) is 24.6 Å². The van der Waals surface area contributed by atoms with Gasteiger partial charge >= 0.3 is 0 Å². The number of rotatable bonds is 5. The van der Waals surface area contributed by atoms with Gasteiger partial charge in [-0.1, -0.05) is 12.1 Å². The van der Waals surface area contributed by atoms with Gasteiger partial charge < -0.3 is 5.32 Å². The Hall–Kier alpha value is -2.63. The summed E-state index contributed by atoms with van der Waals surface area (Å²) in [7, 11) is 0. The highest BCUT2D eigenvalue weighted by Gasteiger charge is 2.06. The second-order valence-electron chi connectivity index (χ2n) is 5.06. The molecule has 2 heterocycles. The largest absolute Gasteiger partial charge is 0.381 e. The van der Waals surface area contributed by atoms with Crippen LogP contribution in [0, 0.1) is 13.8 Å². The highest BCUT2D eigenvalue weighted by molar-refractivity contribution is 5.46. The lowest BCUT2D eigenvalue weighted by Gasteiger charge is -2.09. The summed E-state index contributed by atoms with van der Waals surface area (Å²) >= 11 is 0. The maximum absolute atomic E-state index is 4.21. The van der Waals surface area contributed by atoms with Gasteiger partial charge in [0.15, 0.2) is 0 Å². The first-order valence-electron chi connectivity index (χ1n) is 6.88. The monoisotopic (exact) mass is 282 g/mol. The maximum atomic E-state index is 4.21. The summed E-state index contributed by atoms with van der Waals surface area (Å²) in [4.78, 5) is 3.96. The van der Waals surface area contributed by atoms with Crippen LogP contribution in [-0.2, 0) is 13.1 Å². The lowest BCUT2D eigenvalue weighted by molar-refractivity contribution is 0.685. The fourth-order valence-electron chi connectivity index (χ4n) is 2.31. The molecule has 6 heteroatoms. The fourth-order valence-corrected chi connectivity index (χ4v) is 2.31. The molecule has 3 rings (SSSR count). The average molecular weight is 282 g/mol. The molecule has 0 aliphatic carbocycles. The third-order valence-corrected chi connectivity index (χ3v) is 3.49. The number of aromatic nitrogens is 5. The molecule has 0 unspecified atom stereocenters. The number of nitrogens with one attached hydrogen (secondary N) is 2. The molecule has 1 aromatic carbocycles. The summed E-state index contributed by atoms with van der Waals surface area (Å²) in [6.07, 6.45) is 3.27. The Labute approximate surface area is 123 Å². The predicted molar refractivity (Wildman–Crippen MR) is 81.0 cm³/mol. The third-order valence-electron chi connectivity index (χ3n) is 3.49. The van der Waals surface area contributed by atoms with Crippen molar-refractivity contribution in [1.82, 2.24) is 25.0 Å². The number of H-pyrrole nitrogens is 1. The molecule has 21 heavy (non-hydrogen) atoms.